The van der Waals surface area contributed by atoms with Crippen molar-refractivity contribution >= 4 is 33.8 Å². The van der Waals surface area contributed by atoms with Crippen LogP contribution in [0.15, 0.2) is 40.5 Å². The van der Waals surface area contributed by atoms with Gasteiger partial charge in [0.05, 0.1) is 0 Å². The van der Waals surface area contributed by atoms with Crippen LogP contribution >= 0.6 is 22.9 Å². The minimum absolute atomic E-state index is 0.105. The first-order chi connectivity index (χ1) is 12.8. The molecule has 0 radical (unpaired) electrons. The Hall–Kier alpha value is -2.38. The highest BCUT2D eigenvalue weighted by Gasteiger charge is 2.29. The summed E-state index contributed by atoms with van der Waals surface area (Å²) in [6, 6.07) is 8.36. The number of fused-ring (bicyclic) bond motifs is 1. The first-order valence-electron chi connectivity index (χ1n) is 8.46. The molecule has 3 rings (SSSR count). The summed E-state index contributed by atoms with van der Waals surface area (Å²) in [5.41, 5.74) is 0.374. The highest BCUT2D eigenvalue weighted by atomic mass is 35.5. The molecule has 8 heteroatoms. The molecule has 0 saturated carbocycles. The van der Waals surface area contributed by atoms with Gasteiger partial charge in [0.15, 0.2) is 10.6 Å². The lowest BCUT2D eigenvalue weighted by molar-refractivity contribution is -0.134. The van der Waals surface area contributed by atoms with Crippen LogP contribution in [0.1, 0.15) is 25.2 Å². The molecule has 0 spiro atoms. The number of benzene rings is 1. The van der Waals surface area contributed by atoms with Gasteiger partial charge in [-0.3, -0.25) is 14.0 Å². The van der Waals surface area contributed by atoms with Crippen molar-refractivity contribution in [3.63, 3.8) is 0 Å². The normalized spacial score (nSPS) is 11.6. The van der Waals surface area contributed by atoms with Crippen LogP contribution in [0.5, 0.6) is 5.75 Å². The van der Waals surface area contributed by atoms with Crippen molar-refractivity contribution in [2.75, 3.05) is 6.54 Å². The second-order valence-electron chi connectivity index (χ2n) is 6.65. The Kier molecular flexibility index (Phi) is 5.53. The molecule has 1 amide bonds. The predicted octanol–water partition coefficient (Wildman–Crippen LogP) is 3.23. The molecule has 1 N–H and O–H groups in total. The number of nitrogens with zero attached hydrogens (tertiary/aromatic N) is 2. The van der Waals surface area contributed by atoms with Crippen molar-refractivity contribution < 1.29 is 9.53 Å². The van der Waals surface area contributed by atoms with Crippen LogP contribution in [-0.4, -0.2) is 27.4 Å². The Bertz CT molecular complexity index is 1020. The minimum atomic E-state index is -1.04. The van der Waals surface area contributed by atoms with Crippen LogP contribution in [0.3, 0.4) is 0 Å². The lowest BCUT2D eigenvalue weighted by atomic mass is 10.1. The summed E-state index contributed by atoms with van der Waals surface area (Å²) < 4.78 is 7.36. The number of rotatable bonds is 6. The summed E-state index contributed by atoms with van der Waals surface area (Å²) in [7, 11) is 0. The van der Waals surface area contributed by atoms with Gasteiger partial charge in [-0.15, -0.1) is 11.3 Å². The van der Waals surface area contributed by atoms with Crippen LogP contribution in [0, 0.1) is 6.92 Å². The summed E-state index contributed by atoms with van der Waals surface area (Å²) in [4.78, 5) is 29.7. The molecule has 0 fully saturated rings. The fraction of sp³-hybridized carbons (Fsp3) is 0.316. The van der Waals surface area contributed by atoms with E-state index in [-0.39, 0.29) is 11.5 Å². The number of hydrogen-bond donors (Lipinski definition) is 1. The smallest absolute Gasteiger partial charge is 0.263 e. The molecule has 1 aromatic carbocycles. The van der Waals surface area contributed by atoms with Gasteiger partial charge in [-0.05, 0) is 45.0 Å². The Balaban J connectivity index is 1.62. The van der Waals surface area contributed by atoms with Crippen molar-refractivity contribution in [3.05, 3.63) is 62.5 Å². The van der Waals surface area contributed by atoms with E-state index >= 15 is 0 Å². The van der Waals surface area contributed by atoms with Gasteiger partial charge in [0.2, 0.25) is 0 Å². The molecule has 2 heterocycles. The van der Waals surface area contributed by atoms with E-state index < -0.39 is 5.60 Å². The van der Waals surface area contributed by atoms with Crippen molar-refractivity contribution in [2.45, 2.75) is 32.8 Å². The zero-order valence-corrected chi connectivity index (χ0v) is 16.9. The number of amides is 1. The number of ether oxygens (including phenoxy) is 1. The van der Waals surface area contributed by atoms with E-state index in [2.05, 4.69) is 10.3 Å². The summed E-state index contributed by atoms with van der Waals surface area (Å²) in [5, 5.41) is 5.36. The lowest BCUT2D eigenvalue weighted by Gasteiger charge is -2.25. The van der Waals surface area contributed by atoms with Gasteiger partial charge < -0.3 is 10.1 Å². The number of halogens is 1. The molecule has 3 aromatic rings. The summed E-state index contributed by atoms with van der Waals surface area (Å²) >= 11 is 7.27. The number of aromatic nitrogens is 2. The molecule has 0 aliphatic heterocycles. The quantitative estimate of drug-likeness (QED) is 0.683. The molecule has 6 nitrogen and oxygen atoms in total. The average Bonchev–Trinajstić information content (AvgIpc) is 2.99. The molecule has 27 heavy (non-hydrogen) atoms. The standard InChI is InChI=1S/C19H20ClN3O3S/c1-12-10-16(24)23-14(11-27-18(23)22-12)8-9-21-17(25)19(2,3)26-15-6-4-13(20)5-7-15/h4-7,10-11H,8-9H2,1-3H3,(H,21,25). The second kappa shape index (κ2) is 7.70. The fourth-order valence-corrected chi connectivity index (χ4v) is 3.72. The molecule has 0 unspecified atom stereocenters. The highest BCUT2D eigenvalue weighted by Crippen LogP contribution is 2.21. The van der Waals surface area contributed by atoms with Gasteiger partial charge in [-0.2, -0.15) is 0 Å². The molecule has 0 bridgehead atoms. The molecule has 0 saturated heterocycles. The van der Waals surface area contributed by atoms with E-state index in [9.17, 15) is 9.59 Å². The third-order valence-corrected chi connectivity index (χ3v) is 5.13. The number of carbonyl (C=O) groups is 1. The largest absolute Gasteiger partial charge is 0.478 e. The second-order valence-corrected chi connectivity index (χ2v) is 7.93. The number of carbonyl (C=O) groups excluding carboxylic acids is 1. The summed E-state index contributed by atoms with van der Waals surface area (Å²) in [5.74, 6) is 0.328. The van der Waals surface area contributed by atoms with Gasteiger partial charge in [0.1, 0.15) is 5.75 Å². The van der Waals surface area contributed by atoms with Gasteiger partial charge in [0.25, 0.3) is 11.5 Å². The fourth-order valence-electron chi connectivity index (χ4n) is 2.62. The first kappa shape index (κ1) is 19.4. The maximum Gasteiger partial charge on any atom is 0.263 e. The zero-order chi connectivity index (χ0) is 19.6. The van der Waals surface area contributed by atoms with Crippen LogP contribution in [0.25, 0.3) is 4.96 Å². The maximum atomic E-state index is 12.5. The van der Waals surface area contributed by atoms with Crippen molar-refractivity contribution in [1.29, 1.82) is 0 Å². The first-order valence-corrected chi connectivity index (χ1v) is 9.72. The average molecular weight is 406 g/mol. The monoisotopic (exact) mass is 405 g/mol. The predicted molar refractivity (Wildman–Crippen MR) is 107 cm³/mol. The molecule has 0 aliphatic rings. The van der Waals surface area contributed by atoms with E-state index in [0.29, 0.717) is 34.4 Å². The Labute approximate surface area is 165 Å². The SMILES string of the molecule is Cc1cc(=O)n2c(CCNC(=O)C(C)(C)Oc3ccc(Cl)cc3)csc2n1. The van der Waals surface area contributed by atoms with E-state index in [4.69, 9.17) is 16.3 Å². The molecular formula is C19H20ClN3O3S. The van der Waals surface area contributed by atoms with Crippen LogP contribution < -0.4 is 15.6 Å². The zero-order valence-electron chi connectivity index (χ0n) is 15.3. The Morgan fingerprint density at radius 3 is 2.74 bits per heavy atom. The van der Waals surface area contributed by atoms with Gasteiger partial charge >= 0.3 is 0 Å². The van der Waals surface area contributed by atoms with Gasteiger partial charge in [-0.1, -0.05) is 11.6 Å². The molecule has 0 aliphatic carbocycles. The molecule has 2 aromatic heterocycles. The number of aryl methyl sites for hydroxylation is 1. The van der Waals surface area contributed by atoms with Crippen LogP contribution in [0.2, 0.25) is 5.02 Å². The lowest BCUT2D eigenvalue weighted by Crippen LogP contribution is -2.47. The Morgan fingerprint density at radius 2 is 2.04 bits per heavy atom. The van der Waals surface area contributed by atoms with Crippen molar-refractivity contribution in [2.24, 2.45) is 0 Å². The molecule has 0 atom stereocenters. The minimum Gasteiger partial charge on any atom is -0.478 e. The van der Waals surface area contributed by atoms with E-state index in [1.807, 2.05) is 5.38 Å². The maximum absolute atomic E-state index is 12.5. The third kappa shape index (κ3) is 4.48. The molecular weight excluding hydrogens is 386 g/mol. The highest BCUT2D eigenvalue weighted by molar-refractivity contribution is 7.15. The number of nitrogens with one attached hydrogen (secondary N) is 1. The molecule has 142 valence electrons. The van der Waals surface area contributed by atoms with Gasteiger partial charge in [-0.25, -0.2) is 4.98 Å². The van der Waals surface area contributed by atoms with E-state index in [0.717, 1.165) is 5.69 Å². The van der Waals surface area contributed by atoms with E-state index in [1.54, 1.807) is 49.4 Å². The van der Waals surface area contributed by atoms with Crippen LogP contribution in [0.4, 0.5) is 0 Å². The Morgan fingerprint density at radius 1 is 1.33 bits per heavy atom. The third-order valence-electron chi connectivity index (χ3n) is 4.00. The summed E-state index contributed by atoms with van der Waals surface area (Å²) in [6.07, 6.45) is 0.521. The van der Waals surface area contributed by atoms with Crippen LogP contribution in [-0.2, 0) is 11.2 Å². The number of thiazole rings is 1. The summed E-state index contributed by atoms with van der Waals surface area (Å²) in [6.45, 7) is 5.59. The number of hydrogen-bond acceptors (Lipinski definition) is 5. The van der Waals surface area contributed by atoms with E-state index in [1.165, 1.54) is 17.4 Å². The van der Waals surface area contributed by atoms with Crippen molar-refractivity contribution in [3.8, 4) is 5.75 Å². The van der Waals surface area contributed by atoms with Gasteiger partial charge in [0, 0.05) is 40.8 Å². The van der Waals surface area contributed by atoms with Crippen molar-refractivity contribution in [1.82, 2.24) is 14.7 Å². The topological polar surface area (TPSA) is 72.7 Å².